The van der Waals surface area contributed by atoms with Crippen molar-refractivity contribution in [2.75, 3.05) is 0 Å². The Bertz CT molecular complexity index is 354. The Morgan fingerprint density at radius 3 is 2.44 bits per heavy atom. The van der Waals surface area contributed by atoms with Gasteiger partial charge in [-0.15, -0.1) is 0 Å². The standard InChI is InChI=1S/C11H13NO3.Pb.H/c1-8(13)12-10(11(14)15)7-9-5-3-2-4-6-9;;/h2-6,10H,7H2,1H3,(H,12,13)(H,14,15);;/p+2. The summed E-state index contributed by atoms with van der Waals surface area (Å²) >= 11 is 0. The maximum absolute atomic E-state index is 10.8. The average Bonchev–Trinajstić information content (AvgIpc) is 2.17. The van der Waals surface area contributed by atoms with Gasteiger partial charge in [0.05, 0.1) is 0 Å². The molecule has 0 fully saturated rings. The van der Waals surface area contributed by atoms with E-state index in [0.717, 1.165) is 5.56 Å². The van der Waals surface area contributed by atoms with E-state index >= 15 is 0 Å². The van der Waals surface area contributed by atoms with E-state index in [1.807, 2.05) is 30.3 Å². The van der Waals surface area contributed by atoms with Crippen molar-refractivity contribution in [3.63, 3.8) is 0 Å². The second-order valence-corrected chi connectivity index (χ2v) is 3.33. The first-order valence-corrected chi connectivity index (χ1v) is 4.68. The molecule has 1 rings (SSSR count). The molecule has 4 nitrogen and oxygen atoms in total. The molecule has 5 heteroatoms. The van der Waals surface area contributed by atoms with Crippen LogP contribution in [0.4, 0.5) is 0 Å². The zero-order valence-corrected chi connectivity index (χ0v) is 13.6. The molecule has 85 valence electrons. The first-order valence-electron chi connectivity index (χ1n) is 4.68. The molecule has 1 amide bonds. The van der Waals surface area contributed by atoms with Crippen molar-refractivity contribution in [2.45, 2.75) is 19.4 Å². The Hall–Kier alpha value is -0.918. The molecule has 0 aliphatic heterocycles. The summed E-state index contributed by atoms with van der Waals surface area (Å²) in [6, 6.07) is 8.78. The van der Waals surface area contributed by atoms with Gasteiger partial charge >= 0.3 is 33.3 Å². The molecule has 1 atom stereocenters. The van der Waals surface area contributed by atoms with Gasteiger partial charge in [-0.05, 0) is 5.56 Å². The summed E-state index contributed by atoms with van der Waals surface area (Å²) in [6.07, 6.45) is 0.426. The van der Waals surface area contributed by atoms with Crippen molar-refractivity contribution < 1.29 is 14.7 Å². The van der Waals surface area contributed by atoms with Crippen LogP contribution in [0, 0.1) is 0 Å². The van der Waals surface area contributed by atoms with Crippen LogP contribution in [-0.2, 0) is 11.2 Å². The summed E-state index contributed by atoms with van der Waals surface area (Å²) in [5.41, 5.74) is 0.968. The molecule has 1 aromatic rings. The van der Waals surface area contributed by atoms with Gasteiger partial charge in [0.25, 0.3) is 0 Å². The van der Waals surface area contributed by atoms with Crippen LogP contribution in [0.1, 0.15) is 12.5 Å². The fraction of sp³-hybridized carbons (Fsp3) is 0.273. The molecule has 0 bridgehead atoms. The predicted octanol–water partition coefficient (Wildman–Crippen LogP) is -0.688. The Morgan fingerprint density at radius 2 is 2.00 bits per heavy atom. The van der Waals surface area contributed by atoms with E-state index in [4.69, 9.17) is 9.90 Å². The van der Waals surface area contributed by atoms with Crippen LogP contribution in [0.3, 0.4) is 0 Å². The number of nitrogens with one attached hydrogen (secondary N) is 1. The van der Waals surface area contributed by atoms with E-state index in [0.29, 0.717) is 6.42 Å². The molecular formula is C11H16NO3Pb+2. The molecule has 0 aliphatic rings. The molecule has 0 aromatic heterocycles. The Kier molecular flexibility index (Phi) is 6.95. The minimum atomic E-state index is -0.634. The fourth-order valence-corrected chi connectivity index (χ4v) is 1.31. The van der Waals surface area contributed by atoms with Crippen molar-refractivity contribution in [3.8, 4) is 0 Å². The molecule has 0 saturated carbocycles. The van der Waals surface area contributed by atoms with E-state index in [9.17, 15) is 4.79 Å². The van der Waals surface area contributed by atoms with Gasteiger partial charge in [0.15, 0.2) is 0 Å². The topological polar surface area (TPSA) is 73.4 Å². The normalized spacial score (nSPS) is 11.1. The number of rotatable bonds is 4. The summed E-state index contributed by atoms with van der Waals surface area (Å²) in [6.45, 7) is 1.36. The minimum absolute atomic E-state index is 0. The third kappa shape index (κ3) is 5.24. The monoisotopic (exact) mass is 418 g/mol. The summed E-state index contributed by atoms with van der Waals surface area (Å²) < 4.78 is 0. The Morgan fingerprint density at radius 1 is 1.44 bits per heavy atom. The summed E-state index contributed by atoms with van der Waals surface area (Å²) in [4.78, 5) is 19.9. The van der Waals surface area contributed by atoms with Crippen molar-refractivity contribution >= 4 is 39.2 Å². The molecule has 0 aliphatic carbocycles. The molecule has 0 saturated heterocycles. The Balaban J connectivity index is 0.00000225. The summed E-state index contributed by atoms with van der Waals surface area (Å²) in [7, 11) is 0. The number of hydrogen-bond donors (Lipinski definition) is 1. The molecule has 0 spiro atoms. The van der Waals surface area contributed by atoms with Crippen LogP contribution in [0.25, 0.3) is 0 Å². The van der Waals surface area contributed by atoms with E-state index in [2.05, 4.69) is 5.32 Å². The number of benzene rings is 1. The first-order chi connectivity index (χ1) is 7.09. The number of carbonyl (C=O) groups is 1. The van der Waals surface area contributed by atoms with Crippen molar-refractivity contribution in [1.29, 1.82) is 0 Å². The first kappa shape index (κ1) is 15.1. The Labute approximate surface area is 114 Å². The van der Waals surface area contributed by atoms with Crippen molar-refractivity contribution in [3.05, 3.63) is 35.9 Å². The zero-order chi connectivity index (χ0) is 11.3. The van der Waals surface area contributed by atoms with Gasteiger partial charge in [-0.1, -0.05) is 30.3 Å². The number of hydrogen-bond acceptors (Lipinski definition) is 1. The third-order valence-corrected chi connectivity index (χ3v) is 1.99. The SMILES string of the molecule is CC(=O)NC(Cc1ccccc1)C(=[OH+])[OH2+].[PbH]. The molecule has 1 aromatic carbocycles. The van der Waals surface area contributed by atoms with Crippen molar-refractivity contribution in [1.82, 2.24) is 5.32 Å². The second kappa shape index (κ2) is 7.37. The molecule has 0 heterocycles. The van der Waals surface area contributed by atoms with Crippen LogP contribution in [0.5, 0.6) is 0 Å². The van der Waals surface area contributed by atoms with Gasteiger partial charge < -0.3 is 10.4 Å². The zero-order valence-electron chi connectivity index (χ0n) is 9.10. The van der Waals surface area contributed by atoms with E-state index in [-0.39, 0.29) is 33.2 Å². The predicted molar refractivity (Wildman–Crippen MR) is 65.5 cm³/mol. The van der Waals surface area contributed by atoms with Gasteiger partial charge in [-0.3, -0.25) is 4.79 Å². The molecular weight excluding hydrogens is 401 g/mol. The van der Waals surface area contributed by atoms with Gasteiger partial charge in [0.2, 0.25) is 11.9 Å². The molecule has 16 heavy (non-hydrogen) atoms. The summed E-state index contributed by atoms with van der Waals surface area (Å²) in [5.74, 6) is -0.774. The fourth-order valence-electron chi connectivity index (χ4n) is 1.31. The molecule has 1 unspecified atom stereocenters. The quantitative estimate of drug-likeness (QED) is 0.511. The molecule has 3 radical (unpaired) electrons. The van der Waals surface area contributed by atoms with E-state index in [1.165, 1.54) is 6.92 Å². The van der Waals surface area contributed by atoms with E-state index < -0.39 is 12.0 Å². The van der Waals surface area contributed by atoms with Crippen LogP contribution in [0.2, 0.25) is 0 Å². The van der Waals surface area contributed by atoms with Gasteiger partial charge in [-0.25, -0.2) is 4.79 Å². The maximum atomic E-state index is 10.8. The number of carbonyl (C=O) groups excluding carboxylic acids is 2. The van der Waals surface area contributed by atoms with E-state index in [1.54, 1.807) is 0 Å². The van der Waals surface area contributed by atoms with Crippen LogP contribution < -0.4 is 5.32 Å². The second-order valence-electron chi connectivity index (χ2n) is 3.33. The van der Waals surface area contributed by atoms with Gasteiger partial charge in [0.1, 0.15) is 0 Å². The molecule has 4 N–H and O–H groups in total. The van der Waals surface area contributed by atoms with Crippen LogP contribution in [-0.4, -0.2) is 55.1 Å². The van der Waals surface area contributed by atoms with Crippen molar-refractivity contribution in [2.24, 2.45) is 0 Å². The van der Waals surface area contributed by atoms with Crippen LogP contribution in [0.15, 0.2) is 30.3 Å². The van der Waals surface area contributed by atoms with Gasteiger partial charge in [-0.2, -0.15) is 0 Å². The summed E-state index contributed by atoms with van der Waals surface area (Å²) in [5, 5.41) is 9.65. The number of amides is 1. The third-order valence-electron chi connectivity index (χ3n) is 1.99. The van der Waals surface area contributed by atoms with Gasteiger partial charge in [0, 0.05) is 13.3 Å². The van der Waals surface area contributed by atoms with Crippen LogP contribution >= 0.6 is 0 Å². The average molecular weight is 417 g/mol.